The average molecular weight is 305 g/mol. The predicted molar refractivity (Wildman–Crippen MR) is 47.6 cm³/mol. The number of hydrogen-bond donors (Lipinski definition) is 0. The molecule has 0 unspecified atom stereocenters. The normalized spacial score (nSPS) is 22.9. The van der Waals surface area contributed by atoms with E-state index in [0.29, 0.717) is 0 Å². The monoisotopic (exact) mass is 304 g/mol. The molecule has 0 amide bonds. The first-order valence-corrected chi connectivity index (χ1v) is 12.5. The fraction of sp³-hybridized carbons (Fsp3) is 0.857. The predicted octanol–water partition coefficient (Wildman–Crippen LogP) is 2.66. The van der Waals surface area contributed by atoms with Crippen molar-refractivity contribution in [2.24, 2.45) is 0 Å². The van der Waals surface area contributed by atoms with E-state index in [2.05, 4.69) is 40.0 Å². The molecule has 0 saturated carbocycles. The minimum absolute atomic E-state index is 0.123. The molecule has 0 aliphatic carbocycles. The van der Waals surface area contributed by atoms with Crippen LogP contribution >= 0.6 is 19.8 Å². The van der Waals surface area contributed by atoms with Crippen molar-refractivity contribution in [2.75, 3.05) is 6.61 Å². The molecular formula is C7H13IOZn. The van der Waals surface area contributed by atoms with Gasteiger partial charge in [-0.2, -0.15) is 12.8 Å². The van der Waals surface area contributed by atoms with E-state index in [-0.39, 0.29) is 5.60 Å². The summed E-state index contributed by atoms with van der Waals surface area (Å²) in [7, 11) is 0. The molecule has 1 fully saturated rings. The van der Waals surface area contributed by atoms with Gasteiger partial charge in [0.2, 0.25) is 0 Å². The Labute approximate surface area is 84.1 Å². The number of halogens is 1. The Morgan fingerprint density at radius 1 is 1.50 bits per heavy atom. The van der Waals surface area contributed by atoms with Gasteiger partial charge in [0.25, 0.3) is 0 Å². The molecule has 0 aromatic heterocycles. The molecule has 0 radical (unpaired) electrons. The van der Waals surface area contributed by atoms with Crippen LogP contribution in [0.5, 0.6) is 0 Å². The standard InChI is InChI=1S/C7H13O.HI.Zn/c1-7(2)5-3-4-6-8-7;;/h3H,4-6H2,1-2H3;1H;/q-1;;+2/p-1. The van der Waals surface area contributed by atoms with Crippen molar-refractivity contribution in [2.45, 2.75) is 32.3 Å². The van der Waals surface area contributed by atoms with Crippen molar-refractivity contribution >= 4 is 19.8 Å². The second-order valence-electron chi connectivity index (χ2n) is 2.89. The minimum atomic E-state index is 0.123. The molecule has 0 spiro atoms. The summed E-state index contributed by atoms with van der Waals surface area (Å²) in [6.07, 6.45) is 4.53. The van der Waals surface area contributed by atoms with Gasteiger partial charge in [-0.25, -0.2) is 0 Å². The molecule has 1 heterocycles. The van der Waals surface area contributed by atoms with Gasteiger partial charge in [-0.05, 0) is 13.8 Å². The van der Waals surface area contributed by atoms with Crippen LogP contribution in [0.15, 0.2) is 0 Å². The number of ether oxygens (including phenoxy) is 1. The summed E-state index contributed by atoms with van der Waals surface area (Å²) < 4.78 is 5.43. The zero-order valence-electron chi connectivity index (χ0n) is 6.69. The first kappa shape index (κ1) is 11.3. The number of hydrogen-bond acceptors (Lipinski definition) is 1. The Kier molecular flexibility index (Phi) is 6.68. The summed E-state index contributed by atoms with van der Waals surface area (Å²) >= 11 is 3.62. The van der Waals surface area contributed by atoms with Crippen LogP contribution in [-0.2, 0) is 19.5 Å². The third-order valence-corrected chi connectivity index (χ3v) is 1.45. The Balaban J connectivity index is 0.000000371. The molecule has 1 aliphatic rings. The molecule has 1 rings (SSSR count). The van der Waals surface area contributed by atoms with Gasteiger partial charge in [0.15, 0.2) is 0 Å². The summed E-state index contributed by atoms with van der Waals surface area (Å²) in [5, 5.41) is 0. The zero-order valence-corrected chi connectivity index (χ0v) is 11.8. The van der Waals surface area contributed by atoms with Crippen molar-refractivity contribution in [1.82, 2.24) is 0 Å². The van der Waals surface area contributed by atoms with Gasteiger partial charge in [0.1, 0.15) is 0 Å². The topological polar surface area (TPSA) is 9.23 Å². The fourth-order valence-electron chi connectivity index (χ4n) is 0.927. The third-order valence-electron chi connectivity index (χ3n) is 1.45. The van der Waals surface area contributed by atoms with E-state index in [1.807, 2.05) is 0 Å². The van der Waals surface area contributed by atoms with Crippen LogP contribution in [0.1, 0.15) is 26.7 Å². The van der Waals surface area contributed by atoms with Gasteiger partial charge < -0.3 is 11.2 Å². The zero-order chi connectivity index (χ0) is 8.04. The third kappa shape index (κ3) is 5.03. The van der Waals surface area contributed by atoms with Crippen molar-refractivity contribution in [1.29, 1.82) is 0 Å². The van der Waals surface area contributed by atoms with Crippen LogP contribution in [-0.4, -0.2) is 12.2 Å². The Bertz CT molecular complexity index is 77.7. The van der Waals surface area contributed by atoms with Crippen molar-refractivity contribution in [3.05, 3.63) is 6.42 Å². The Morgan fingerprint density at radius 2 is 2.10 bits per heavy atom. The van der Waals surface area contributed by atoms with Crippen LogP contribution < -0.4 is 0 Å². The SMILES string of the molecule is CC1(C)C[CH-]CCO1.[Zn+][I]. The molecule has 56 valence electrons. The Morgan fingerprint density at radius 3 is 2.30 bits per heavy atom. The maximum absolute atomic E-state index is 5.43. The number of rotatable bonds is 0. The quantitative estimate of drug-likeness (QED) is 0.380. The molecule has 0 atom stereocenters. The van der Waals surface area contributed by atoms with E-state index in [0.717, 1.165) is 19.4 Å². The van der Waals surface area contributed by atoms with E-state index in [9.17, 15) is 0 Å². The van der Waals surface area contributed by atoms with Crippen LogP contribution in [0, 0.1) is 6.42 Å². The van der Waals surface area contributed by atoms with Gasteiger partial charge in [0, 0.05) is 12.2 Å². The van der Waals surface area contributed by atoms with Gasteiger partial charge in [0.05, 0.1) is 0 Å². The van der Waals surface area contributed by atoms with Crippen LogP contribution in [0.25, 0.3) is 0 Å². The first-order chi connectivity index (χ1) is 4.71. The molecule has 0 aromatic carbocycles. The molecule has 3 heteroatoms. The summed E-state index contributed by atoms with van der Waals surface area (Å²) in [5.41, 5.74) is 0.123. The van der Waals surface area contributed by atoms with E-state index in [4.69, 9.17) is 4.74 Å². The summed E-state index contributed by atoms with van der Waals surface area (Å²) in [6.45, 7) is 5.16. The molecule has 1 aliphatic heterocycles. The molecule has 0 bridgehead atoms. The molecule has 0 N–H and O–H groups in total. The van der Waals surface area contributed by atoms with Crippen molar-refractivity contribution in [3.63, 3.8) is 0 Å². The van der Waals surface area contributed by atoms with Gasteiger partial charge in [-0.3, -0.25) is 0 Å². The van der Waals surface area contributed by atoms with Crippen molar-refractivity contribution < 1.29 is 19.5 Å². The fourth-order valence-corrected chi connectivity index (χ4v) is 0.927. The summed E-state index contributed by atoms with van der Waals surface area (Å²) in [6, 6.07) is 0. The maximum atomic E-state index is 5.43. The second kappa shape index (κ2) is 5.90. The van der Waals surface area contributed by atoms with Crippen LogP contribution in [0.2, 0.25) is 0 Å². The average Bonchev–Trinajstić information content (AvgIpc) is 1.92. The molecule has 0 aromatic rings. The van der Waals surface area contributed by atoms with Gasteiger partial charge in [-0.15, -0.1) is 0 Å². The second-order valence-corrected chi connectivity index (χ2v) is 2.89. The van der Waals surface area contributed by atoms with E-state index in [1.54, 1.807) is 0 Å². The van der Waals surface area contributed by atoms with Gasteiger partial charge >= 0.3 is 34.5 Å². The summed E-state index contributed by atoms with van der Waals surface area (Å²) in [4.78, 5) is 0. The van der Waals surface area contributed by atoms with Crippen LogP contribution in [0.3, 0.4) is 0 Å². The molecule has 1 saturated heterocycles. The summed E-state index contributed by atoms with van der Waals surface area (Å²) in [5.74, 6) is 0. The molecule has 1 nitrogen and oxygen atoms in total. The van der Waals surface area contributed by atoms with Crippen molar-refractivity contribution in [3.8, 4) is 0 Å². The Hall–Kier alpha value is 1.31. The molecular weight excluding hydrogens is 292 g/mol. The van der Waals surface area contributed by atoms with Gasteiger partial charge in [-0.1, -0.05) is 0 Å². The van der Waals surface area contributed by atoms with E-state index >= 15 is 0 Å². The molecule has 10 heavy (non-hydrogen) atoms. The first-order valence-electron chi connectivity index (χ1n) is 3.43. The van der Waals surface area contributed by atoms with E-state index in [1.165, 1.54) is 14.8 Å². The van der Waals surface area contributed by atoms with Crippen LogP contribution in [0.4, 0.5) is 0 Å². The van der Waals surface area contributed by atoms with E-state index < -0.39 is 0 Å².